The van der Waals surface area contributed by atoms with Crippen molar-refractivity contribution >= 4 is 6.03 Å². The molecule has 0 aromatic heterocycles. The van der Waals surface area contributed by atoms with Gasteiger partial charge in [-0.05, 0) is 58.8 Å². The largest absolute Gasteiger partial charge is 0.378 e. The second-order valence-corrected chi connectivity index (χ2v) is 8.51. The van der Waals surface area contributed by atoms with Gasteiger partial charge in [-0.3, -0.25) is 4.90 Å². The van der Waals surface area contributed by atoms with Gasteiger partial charge in [0.25, 0.3) is 0 Å². The zero-order valence-corrected chi connectivity index (χ0v) is 15.2. The number of nitrogens with zero attached hydrogens (tertiary/aromatic N) is 2. The van der Waals surface area contributed by atoms with E-state index in [1.807, 2.05) is 0 Å². The van der Waals surface area contributed by atoms with E-state index >= 15 is 0 Å². The summed E-state index contributed by atoms with van der Waals surface area (Å²) in [6.45, 7) is 7.27. The predicted molar refractivity (Wildman–Crippen MR) is 94.0 cm³/mol. The van der Waals surface area contributed by atoms with Gasteiger partial charge in [0.1, 0.15) is 0 Å². The van der Waals surface area contributed by atoms with Gasteiger partial charge in [0.05, 0.1) is 6.10 Å². The number of rotatable bonds is 2. The molecule has 1 saturated carbocycles. The summed E-state index contributed by atoms with van der Waals surface area (Å²) < 4.78 is 5.84. The van der Waals surface area contributed by atoms with Crippen molar-refractivity contribution in [2.75, 3.05) is 19.7 Å². The van der Waals surface area contributed by atoms with Gasteiger partial charge in [0, 0.05) is 49.8 Å². The van der Waals surface area contributed by atoms with Gasteiger partial charge in [-0.15, -0.1) is 0 Å². The van der Waals surface area contributed by atoms with Crippen molar-refractivity contribution in [3.8, 4) is 0 Å². The summed E-state index contributed by atoms with van der Waals surface area (Å²) in [7, 11) is 0. The summed E-state index contributed by atoms with van der Waals surface area (Å²) in [5, 5.41) is 3.38. The number of fused-ring (bicyclic) bond motifs is 3. The number of hydrogen-bond donors (Lipinski definition) is 1. The molecule has 24 heavy (non-hydrogen) atoms. The number of carbonyl (C=O) groups excluding carboxylic acids is 1. The van der Waals surface area contributed by atoms with Crippen LogP contribution in [0.5, 0.6) is 0 Å². The minimum Gasteiger partial charge on any atom is -0.378 e. The van der Waals surface area contributed by atoms with Crippen LogP contribution in [0.2, 0.25) is 0 Å². The van der Waals surface area contributed by atoms with E-state index in [1.165, 1.54) is 25.7 Å². The fraction of sp³-hybridized carbons (Fsp3) is 0.947. The Morgan fingerprint density at radius 3 is 2.75 bits per heavy atom. The number of nitrogens with one attached hydrogen (secondary N) is 1. The van der Waals surface area contributed by atoms with E-state index in [1.54, 1.807) is 0 Å². The van der Waals surface area contributed by atoms with Crippen molar-refractivity contribution in [1.29, 1.82) is 0 Å². The number of amides is 2. The quantitative estimate of drug-likeness (QED) is 0.844. The number of hydrogen-bond acceptors (Lipinski definition) is 3. The molecule has 5 atom stereocenters. The van der Waals surface area contributed by atoms with Crippen LogP contribution in [0.1, 0.15) is 58.8 Å². The minimum absolute atomic E-state index is 0.170. The van der Waals surface area contributed by atoms with Crippen molar-refractivity contribution in [2.45, 2.75) is 89.1 Å². The van der Waals surface area contributed by atoms with E-state index in [4.69, 9.17) is 4.74 Å². The summed E-state index contributed by atoms with van der Waals surface area (Å²) >= 11 is 0. The molecule has 0 aromatic rings. The van der Waals surface area contributed by atoms with Gasteiger partial charge in [0.2, 0.25) is 0 Å². The van der Waals surface area contributed by atoms with E-state index in [0.29, 0.717) is 36.2 Å². The number of carbonyl (C=O) groups is 1. The fourth-order valence-corrected chi connectivity index (χ4v) is 5.74. The molecule has 0 unspecified atom stereocenters. The lowest BCUT2D eigenvalue weighted by molar-refractivity contribution is 0.0536. The van der Waals surface area contributed by atoms with Crippen LogP contribution < -0.4 is 5.32 Å². The number of ether oxygens (including phenoxy) is 1. The highest BCUT2D eigenvalue weighted by atomic mass is 16.5. The molecule has 0 aromatic carbocycles. The molecule has 3 saturated heterocycles. The Kier molecular flexibility index (Phi) is 4.74. The molecular formula is C19H33N3O2. The fourth-order valence-electron chi connectivity index (χ4n) is 5.74. The highest BCUT2D eigenvalue weighted by Crippen LogP contribution is 2.35. The molecule has 2 amide bonds. The molecule has 0 spiro atoms. The monoisotopic (exact) mass is 335 g/mol. The summed E-state index contributed by atoms with van der Waals surface area (Å²) in [5.41, 5.74) is 0. The zero-order chi connectivity index (χ0) is 16.7. The third kappa shape index (κ3) is 3.05. The van der Waals surface area contributed by atoms with Crippen LogP contribution >= 0.6 is 0 Å². The van der Waals surface area contributed by atoms with Gasteiger partial charge in [-0.1, -0.05) is 0 Å². The molecular weight excluding hydrogens is 302 g/mol. The molecule has 1 aliphatic carbocycles. The van der Waals surface area contributed by atoms with Gasteiger partial charge in [-0.25, -0.2) is 4.79 Å². The molecule has 4 fully saturated rings. The first-order chi connectivity index (χ1) is 11.6. The molecule has 1 N–H and O–H groups in total. The third-order valence-corrected chi connectivity index (χ3v) is 6.81. The van der Waals surface area contributed by atoms with Crippen LogP contribution in [0, 0.1) is 5.92 Å². The highest BCUT2D eigenvalue weighted by Gasteiger charge is 2.41. The van der Waals surface area contributed by atoms with Crippen LogP contribution in [-0.2, 0) is 4.74 Å². The third-order valence-electron chi connectivity index (χ3n) is 6.81. The molecule has 3 heterocycles. The topological polar surface area (TPSA) is 44.8 Å². The minimum atomic E-state index is 0.170. The predicted octanol–water partition coefficient (Wildman–Crippen LogP) is 2.60. The molecule has 5 nitrogen and oxygen atoms in total. The van der Waals surface area contributed by atoms with E-state index in [9.17, 15) is 4.79 Å². The van der Waals surface area contributed by atoms with E-state index in [2.05, 4.69) is 29.0 Å². The molecule has 0 radical (unpaired) electrons. The smallest absolute Gasteiger partial charge is 0.317 e. The Labute approximate surface area is 146 Å². The van der Waals surface area contributed by atoms with E-state index < -0.39 is 0 Å². The van der Waals surface area contributed by atoms with E-state index in [0.717, 1.165) is 39.0 Å². The Morgan fingerprint density at radius 2 is 1.92 bits per heavy atom. The zero-order valence-electron chi connectivity index (χ0n) is 15.2. The normalized spacial score (nSPS) is 39.8. The SMILES string of the molecule is CC(C)N1[C@H]2CC[C@H]1CN(C(=O)N[C@@H]1CCC[C@H]3OCC[C@@H]13)CC2. The maximum Gasteiger partial charge on any atom is 0.317 e. The van der Waals surface area contributed by atoms with Gasteiger partial charge < -0.3 is 15.0 Å². The van der Waals surface area contributed by atoms with Gasteiger partial charge in [0.15, 0.2) is 0 Å². The molecule has 5 heteroatoms. The summed E-state index contributed by atoms with van der Waals surface area (Å²) in [6.07, 6.45) is 8.65. The van der Waals surface area contributed by atoms with Crippen molar-refractivity contribution in [3.63, 3.8) is 0 Å². The molecule has 3 aliphatic heterocycles. The van der Waals surface area contributed by atoms with Crippen molar-refractivity contribution in [2.24, 2.45) is 5.92 Å². The average molecular weight is 335 g/mol. The first-order valence-corrected chi connectivity index (χ1v) is 10.1. The number of urea groups is 1. The van der Waals surface area contributed by atoms with Gasteiger partial charge >= 0.3 is 6.03 Å². The maximum absolute atomic E-state index is 12.9. The van der Waals surface area contributed by atoms with Crippen molar-refractivity contribution in [1.82, 2.24) is 15.1 Å². The second kappa shape index (κ2) is 6.83. The van der Waals surface area contributed by atoms with Crippen molar-refractivity contribution < 1.29 is 9.53 Å². The van der Waals surface area contributed by atoms with Crippen LogP contribution in [0.15, 0.2) is 0 Å². The lowest BCUT2D eigenvalue weighted by Gasteiger charge is -2.35. The standard InChI is InChI=1S/C19H33N3O2/c1-13(2)22-14-6-7-15(22)12-21(10-8-14)19(23)20-17-4-3-5-18-16(17)9-11-24-18/h13-18H,3-12H2,1-2H3,(H,20,23)/t14-,15-,16-,17+,18+/m0/s1. The highest BCUT2D eigenvalue weighted by molar-refractivity contribution is 5.74. The maximum atomic E-state index is 12.9. The first kappa shape index (κ1) is 16.6. The Balaban J connectivity index is 1.38. The molecule has 4 rings (SSSR count). The van der Waals surface area contributed by atoms with Crippen LogP contribution in [0.3, 0.4) is 0 Å². The summed E-state index contributed by atoms with van der Waals surface area (Å²) in [5.74, 6) is 0.540. The summed E-state index contributed by atoms with van der Waals surface area (Å²) in [4.78, 5) is 17.7. The molecule has 4 aliphatic rings. The Bertz CT molecular complexity index is 470. The second-order valence-electron chi connectivity index (χ2n) is 8.51. The van der Waals surface area contributed by atoms with Crippen LogP contribution in [0.25, 0.3) is 0 Å². The molecule has 136 valence electrons. The van der Waals surface area contributed by atoms with E-state index in [-0.39, 0.29) is 6.03 Å². The lowest BCUT2D eigenvalue weighted by Crippen LogP contribution is -2.52. The van der Waals surface area contributed by atoms with Crippen molar-refractivity contribution in [3.05, 3.63) is 0 Å². The average Bonchev–Trinajstić information content (AvgIpc) is 3.11. The van der Waals surface area contributed by atoms with Gasteiger partial charge in [-0.2, -0.15) is 0 Å². The molecule has 2 bridgehead atoms. The van der Waals surface area contributed by atoms with Crippen LogP contribution in [-0.4, -0.2) is 65.8 Å². The van der Waals surface area contributed by atoms with Crippen LogP contribution in [0.4, 0.5) is 4.79 Å². The lowest BCUT2D eigenvalue weighted by atomic mass is 9.82. The first-order valence-electron chi connectivity index (χ1n) is 10.1. The Hall–Kier alpha value is -0.810. The number of likely N-dealkylation sites (tertiary alicyclic amines) is 1. The summed E-state index contributed by atoms with van der Waals surface area (Å²) in [6, 6.07) is 2.30. The Morgan fingerprint density at radius 1 is 1.08 bits per heavy atom.